The van der Waals surface area contributed by atoms with E-state index < -0.39 is 5.54 Å². The van der Waals surface area contributed by atoms with Gasteiger partial charge in [0.05, 0.1) is 0 Å². The van der Waals surface area contributed by atoms with E-state index in [9.17, 15) is 9.59 Å². The Kier molecular flexibility index (Phi) is 14.0. The third kappa shape index (κ3) is 10.1. The highest BCUT2D eigenvalue weighted by atomic mass is 32.2. The van der Waals surface area contributed by atoms with Crippen LogP contribution in [0.4, 0.5) is 0 Å². The molecule has 0 fully saturated rings. The zero-order valence-electron chi connectivity index (χ0n) is 21.7. The first-order valence-electron chi connectivity index (χ1n) is 11.8. The Bertz CT molecular complexity index is 1220. The number of nitrogens with one attached hydrogen (secondary N) is 1. The van der Waals surface area contributed by atoms with Gasteiger partial charge in [-0.15, -0.1) is 0 Å². The fourth-order valence-corrected chi connectivity index (χ4v) is 4.46. The number of nitrogens with zero attached hydrogens (tertiary/aromatic N) is 1. The van der Waals surface area contributed by atoms with Gasteiger partial charge in [0, 0.05) is 46.2 Å². The highest BCUT2D eigenvalue weighted by Gasteiger charge is 2.30. The number of aromatic nitrogens is 1. The molecule has 1 aromatic heterocycles. The molecule has 0 spiro atoms. The lowest BCUT2D eigenvalue weighted by molar-refractivity contribution is -0.193. The molecule has 0 aliphatic carbocycles. The van der Waals surface area contributed by atoms with Crippen LogP contribution < -0.4 is 5.32 Å². The Balaban J connectivity index is 0.00000110. The molecular weight excluding hydrogens is 508 g/mol. The van der Waals surface area contributed by atoms with Gasteiger partial charge in [-0.25, -0.2) is 4.98 Å². The molecule has 0 aliphatic rings. The van der Waals surface area contributed by atoms with Gasteiger partial charge in [0.25, 0.3) is 0 Å². The maximum Gasteiger partial charge on any atom is 0.373 e. The highest BCUT2D eigenvalue weighted by molar-refractivity contribution is 7.99. The Morgan fingerprint density at radius 3 is 1.82 bits per heavy atom. The summed E-state index contributed by atoms with van der Waals surface area (Å²) < 4.78 is 5.42. The molecule has 2 aromatic carbocycles. The number of hydrogen-bond donors (Lipinski definition) is 1. The molecule has 1 amide bonds. The predicted octanol–water partition coefficient (Wildman–Crippen LogP) is 5.16. The summed E-state index contributed by atoms with van der Waals surface area (Å²) in [5.74, 6) is 0.677. The minimum atomic E-state index is -0.486. The van der Waals surface area contributed by atoms with Crippen LogP contribution in [-0.4, -0.2) is 34.5 Å². The molecule has 1 N–H and O–H groups in total. The van der Waals surface area contributed by atoms with Crippen molar-refractivity contribution in [3.8, 4) is 11.3 Å². The summed E-state index contributed by atoms with van der Waals surface area (Å²) in [5.41, 5.74) is 2.04. The van der Waals surface area contributed by atoms with Crippen LogP contribution in [0.2, 0.25) is 0 Å². The molecule has 3 rings (SSSR count). The summed E-state index contributed by atoms with van der Waals surface area (Å²) >= 11 is 1.64. The largest absolute Gasteiger partial charge is 0.448 e. The van der Waals surface area contributed by atoms with E-state index in [2.05, 4.69) is 22.4 Å². The fourth-order valence-electron chi connectivity index (χ4n) is 3.65. The van der Waals surface area contributed by atoms with Crippen molar-refractivity contribution >= 4 is 35.8 Å². The van der Waals surface area contributed by atoms with Crippen molar-refractivity contribution in [3.63, 3.8) is 0 Å². The van der Waals surface area contributed by atoms with Gasteiger partial charge in [0.2, 0.25) is 5.91 Å². The number of Topliss-reactive ketones (excluding diaryl/α,β-unsaturated/α-hetero) is 1. The highest BCUT2D eigenvalue weighted by Crippen LogP contribution is 2.30. The predicted molar refractivity (Wildman–Crippen MR) is 138 cm³/mol. The van der Waals surface area contributed by atoms with Gasteiger partial charge in [-0.05, 0) is 37.1 Å². The van der Waals surface area contributed by atoms with Crippen LogP contribution in [0.1, 0.15) is 63.2 Å². The van der Waals surface area contributed by atoms with Crippen LogP contribution >= 0.6 is 11.8 Å². The van der Waals surface area contributed by atoms with E-state index in [4.69, 9.17) is 23.6 Å². The second-order valence-corrected chi connectivity index (χ2v) is 9.21. The van der Waals surface area contributed by atoms with Crippen LogP contribution in [0.25, 0.3) is 11.3 Å². The van der Waals surface area contributed by atoms with E-state index >= 15 is 0 Å². The van der Waals surface area contributed by atoms with Crippen molar-refractivity contribution in [2.45, 2.75) is 68.7 Å². The number of benzene rings is 2. The Morgan fingerprint density at radius 2 is 1.39 bits per heavy atom. The molecule has 10 heteroatoms. The van der Waals surface area contributed by atoms with Gasteiger partial charge in [-0.2, -0.15) is 19.2 Å². The monoisotopic (exact) mass is 538 g/mol. The standard InChI is InChI=1S/C26H30N2O3S.2CO2/c1-5-25-27-23(17-31-25)19-8-12-21(13-9-19)32-22-14-10-20(11-15-22)24(30)16-26(6-2,7-3)28-18(4)29;2*2-1-3/h8-15,17H,5-7,16H2,1-4H3,(H,28,29);;. The number of carbonyl (C=O) groups excluding carboxylic acids is 6. The van der Waals surface area contributed by atoms with E-state index in [0.717, 1.165) is 33.4 Å². The lowest BCUT2D eigenvalue weighted by Gasteiger charge is -2.32. The summed E-state index contributed by atoms with van der Waals surface area (Å²) in [5, 5.41) is 2.98. The maximum atomic E-state index is 12.9. The summed E-state index contributed by atoms with van der Waals surface area (Å²) in [7, 11) is 0. The molecule has 0 saturated heterocycles. The first kappa shape index (κ1) is 31.9. The molecule has 0 atom stereocenters. The average Bonchev–Trinajstić information content (AvgIpc) is 3.39. The van der Waals surface area contributed by atoms with Gasteiger partial charge < -0.3 is 9.73 Å². The van der Waals surface area contributed by atoms with Crippen LogP contribution in [0, 0.1) is 0 Å². The molecule has 0 saturated carbocycles. The molecule has 0 unspecified atom stereocenters. The molecule has 9 nitrogen and oxygen atoms in total. The number of oxazole rings is 1. The number of carbonyl (C=O) groups is 2. The first-order chi connectivity index (χ1) is 18.2. The molecule has 38 heavy (non-hydrogen) atoms. The Hall–Kier alpha value is -4.10. The number of amides is 1. The topological polar surface area (TPSA) is 140 Å². The number of ketones is 1. The normalized spacial score (nSPS) is 10.0. The summed E-state index contributed by atoms with van der Waals surface area (Å²) in [6.45, 7) is 7.52. The van der Waals surface area contributed by atoms with Crippen molar-refractivity contribution < 1.29 is 33.2 Å². The smallest absolute Gasteiger partial charge is 0.373 e. The average molecular weight is 539 g/mol. The lowest BCUT2D eigenvalue weighted by atomic mass is 9.85. The number of aryl methyl sites for hydroxylation is 1. The van der Waals surface area contributed by atoms with Crippen molar-refractivity contribution in [2.75, 3.05) is 0 Å². The van der Waals surface area contributed by atoms with Gasteiger partial charge in [0.1, 0.15) is 12.0 Å². The Morgan fingerprint density at radius 1 is 0.895 bits per heavy atom. The van der Waals surface area contributed by atoms with E-state index in [0.29, 0.717) is 24.8 Å². The lowest BCUT2D eigenvalue weighted by Crippen LogP contribution is -2.48. The van der Waals surface area contributed by atoms with Crippen molar-refractivity contribution in [1.29, 1.82) is 0 Å². The van der Waals surface area contributed by atoms with E-state index in [1.807, 2.05) is 57.2 Å². The zero-order valence-corrected chi connectivity index (χ0v) is 22.6. The van der Waals surface area contributed by atoms with Gasteiger partial charge in [-0.3, -0.25) is 9.59 Å². The minimum absolute atomic E-state index is 0.0439. The van der Waals surface area contributed by atoms with Crippen molar-refractivity contribution in [3.05, 3.63) is 66.2 Å². The third-order valence-corrected chi connectivity index (χ3v) is 6.73. The molecule has 0 aliphatic heterocycles. The second-order valence-electron chi connectivity index (χ2n) is 8.07. The maximum absolute atomic E-state index is 12.9. The molecule has 0 bridgehead atoms. The van der Waals surface area contributed by atoms with Crippen LogP contribution in [0.5, 0.6) is 0 Å². The Labute approximate surface area is 225 Å². The minimum Gasteiger partial charge on any atom is -0.448 e. The van der Waals surface area contributed by atoms with E-state index in [-0.39, 0.29) is 24.0 Å². The van der Waals surface area contributed by atoms with E-state index in [1.54, 1.807) is 18.0 Å². The SMILES string of the molecule is CCc1nc(-c2ccc(Sc3ccc(C(=O)CC(CC)(CC)NC(C)=O)cc3)cc2)co1.O=C=O.O=C=O. The van der Waals surface area contributed by atoms with Crippen molar-refractivity contribution in [1.82, 2.24) is 10.3 Å². The molecule has 200 valence electrons. The van der Waals surface area contributed by atoms with Crippen LogP contribution in [-0.2, 0) is 30.4 Å². The number of rotatable bonds is 10. The molecule has 0 radical (unpaired) electrons. The van der Waals surface area contributed by atoms with Gasteiger partial charge in [0.15, 0.2) is 11.7 Å². The third-order valence-electron chi connectivity index (χ3n) is 5.71. The van der Waals surface area contributed by atoms with Gasteiger partial charge in [-0.1, -0.05) is 56.8 Å². The molecular formula is C28H30N2O7S. The molecule has 3 aromatic rings. The van der Waals surface area contributed by atoms with Crippen molar-refractivity contribution in [2.24, 2.45) is 0 Å². The fraction of sp³-hybridized carbons (Fsp3) is 0.321. The van der Waals surface area contributed by atoms with Crippen LogP contribution in [0.15, 0.2) is 69.0 Å². The van der Waals surface area contributed by atoms with E-state index in [1.165, 1.54) is 6.92 Å². The summed E-state index contributed by atoms with van der Waals surface area (Å²) in [4.78, 5) is 63.6. The summed E-state index contributed by atoms with van der Waals surface area (Å²) in [6, 6.07) is 15.9. The second kappa shape index (κ2) is 16.6. The zero-order chi connectivity index (χ0) is 28.6. The summed E-state index contributed by atoms with van der Waals surface area (Å²) in [6.07, 6.45) is 4.70. The van der Waals surface area contributed by atoms with Crippen LogP contribution in [0.3, 0.4) is 0 Å². The van der Waals surface area contributed by atoms with Gasteiger partial charge >= 0.3 is 12.3 Å². The first-order valence-corrected chi connectivity index (χ1v) is 12.7. The molecule has 1 heterocycles. The quantitative estimate of drug-likeness (QED) is 0.347. The number of hydrogen-bond acceptors (Lipinski definition) is 9.